The van der Waals surface area contributed by atoms with E-state index in [4.69, 9.17) is 11.6 Å². The largest absolute Gasteiger partial charge is 0.325 e. The van der Waals surface area contributed by atoms with Gasteiger partial charge in [-0.1, -0.05) is 53.6 Å². The Morgan fingerprint density at radius 1 is 0.967 bits per heavy atom. The minimum atomic E-state index is -3.90. The van der Waals surface area contributed by atoms with Gasteiger partial charge in [-0.05, 0) is 60.9 Å². The number of nitrogens with zero attached hydrogens (tertiary/aromatic N) is 1. The fraction of sp³-hybridized carbons (Fsp3) is 0.174. The van der Waals surface area contributed by atoms with E-state index in [1.54, 1.807) is 0 Å². The summed E-state index contributed by atoms with van der Waals surface area (Å²) in [6.45, 7) is 2.09. The second kappa shape index (κ2) is 8.22. The summed E-state index contributed by atoms with van der Waals surface area (Å²) in [6.07, 6.45) is 0.306. The van der Waals surface area contributed by atoms with Gasteiger partial charge in [0.1, 0.15) is 6.04 Å². The number of anilines is 1. The van der Waals surface area contributed by atoms with E-state index in [1.165, 1.54) is 28.6 Å². The van der Waals surface area contributed by atoms with Crippen molar-refractivity contribution in [2.75, 3.05) is 5.32 Å². The second-order valence-electron chi connectivity index (χ2n) is 7.35. The first-order valence-electron chi connectivity index (χ1n) is 9.56. The number of halogens is 1. The number of carbonyl (C=O) groups is 1. The SMILES string of the molecule is Cc1ccc(NC(=O)[C@@H]2Cc3ccccc3CN2S(=O)(=O)c2ccc(Cl)cc2)cc1. The van der Waals surface area contributed by atoms with Crippen LogP contribution < -0.4 is 5.32 Å². The molecular weight excluding hydrogens is 420 g/mol. The third-order valence-corrected chi connectivity index (χ3v) is 7.37. The predicted molar refractivity (Wildman–Crippen MR) is 118 cm³/mol. The summed E-state index contributed by atoms with van der Waals surface area (Å²) in [6, 6.07) is 20.2. The molecule has 1 amide bonds. The van der Waals surface area contributed by atoms with Crippen LogP contribution in [0.3, 0.4) is 0 Å². The van der Waals surface area contributed by atoms with Crippen molar-refractivity contribution in [2.24, 2.45) is 0 Å². The summed E-state index contributed by atoms with van der Waals surface area (Å²) in [5, 5.41) is 3.32. The summed E-state index contributed by atoms with van der Waals surface area (Å²) >= 11 is 5.92. The molecule has 1 heterocycles. The molecule has 7 heteroatoms. The lowest BCUT2D eigenvalue weighted by molar-refractivity contribution is -0.120. The third kappa shape index (κ3) is 4.12. The molecule has 0 unspecified atom stereocenters. The molecule has 1 aliphatic rings. The van der Waals surface area contributed by atoms with E-state index in [0.29, 0.717) is 17.1 Å². The van der Waals surface area contributed by atoms with Gasteiger partial charge in [-0.2, -0.15) is 4.31 Å². The van der Waals surface area contributed by atoms with Gasteiger partial charge in [-0.15, -0.1) is 0 Å². The van der Waals surface area contributed by atoms with Crippen LogP contribution in [-0.4, -0.2) is 24.7 Å². The smallest absolute Gasteiger partial charge is 0.244 e. The molecule has 1 aliphatic heterocycles. The zero-order chi connectivity index (χ0) is 21.3. The van der Waals surface area contributed by atoms with Crippen molar-refractivity contribution in [1.29, 1.82) is 0 Å². The first kappa shape index (κ1) is 20.6. The van der Waals surface area contributed by atoms with E-state index in [-0.39, 0.29) is 17.3 Å². The first-order valence-corrected chi connectivity index (χ1v) is 11.4. The molecule has 0 bridgehead atoms. The molecular formula is C23H21ClN2O3S. The zero-order valence-corrected chi connectivity index (χ0v) is 18.0. The summed E-state index contributed by atoms with van der Waals surface area (Å²) in [5.74, 6) is -0.356. The molecule has 154 valence electrons. The lowest BCUT2D eigenvalue weighted by Gasteiger charge is -2.35. The van der Waals surface area contributed by atoms with Crippen LogP contribution in [0.15, 0.2) is 77.7 Å². The molecule has 0 radical (unpaired) electrons. The van der Waals surface area contributed by atoms with Gasteiger partial charge < -0.3 is 5.32 Å². The lowest BCUT2D eigenvalue weighted by Crippen LogP contribution is -2.50. The number of nitrogens with one attached hydrogen (secondary N) is 1. The number of carbonyl (C=O) groups excluding carboxylic acids is 1. The van der Waals surface area contributed by atoms with Crippen LogP contribution in [0.2, 0.25) is 5.02 Å². The van der Waals surface area contributed by atoms with Gasteiger partial charge in [0.05, 0.1) is 4.90 Å². The molecule has 0 spiro atoms. The Morgan fingerprint density at radius 2 is 1.60 bits per heavy atom. The zero-order valence-electron chi connectivity index (χ0n) is 16.4. The highest BCUT2D eigenvalue weighted by molar-refractivity contribution is 7.89. The summed E-state index contributed by atoms with van der Waals surface area (Å²) in [5.41, 5.74) is 3.58. The Kier molecular flexibility index (Phi) is 5.64. The number of benzene rings is 3. The van der Waals surface area contributed by atoms with Crippen LogP contribution in [0, 0.1) is 6.92 Å². The maximum atomic E-state index is 13.4. The quantitative estimate of drug-likeness (QED) is 0.653. The average molecular weight is 441 g/mol. The Labute approximate surface area is 181 Å². The van der Waals surface area contributed by atoms with Crippen LogP contribution in [0.4, 0.5) is 5.69 Å². The van der Waals surface area contributed by atoms with Crippen molar-refractivity contribution in [2.45, 2.75) is 30.8 Å². The number of fused-ring (bicyclic) bond motifs is 1. The van der Waals surface area contributed by atoms with E-state index in [2.05, 4.69) is 5.32 Å². The van der Waals surface area contributed by atoms with Gasteiger partial charge in [0.15, 0.2) is 0 Å². The molecule has 0 fully saturated rings. The number of amides is 1. The maximum Gasteiger partial charge on any atom is 0.244 e. The average Bonchev–Trinajstić information content (AvgIpc) is 2.74. The van der Waals surface area contributed by atoms with Gasteiger partial charge in [0.25, 0.3) is 0 Å². The van der Waals surface area contributed by atoms with Gasteiger partial charge in [-0.3, -0.25) is 4.79 Å². The highest BCUT2D eigenvalue weighted by atomic mass is 35.5. The lowest BCUT2D eigenvalue weighted by atomic mass is 9.95. The van der Waals surface area contributed by atoms with Crippen LogP contribution in [0.1, 0.15) is 16.7 Å². The van der Waals surface area contributed by atoms with Gasteiger partial charge in [-0.25, -0.2) is 8.42 Å². The maximum absolute atomic E-state index is 13.4. The summed E-state index contributed by atoms with van der Waals surface area (Å²) in [7, 11) is -3.90. The summed E-state index contributed by atoms with van der Waals surface area (Å²) < 4.78 is 28.1. The molecule has 30 heavy (non-hydrogen) atoms. The number of hydrogen-bond acceptors (Lipinski definition) is 3. The first-order chi connectivity index (χ1) is 14.3. The van der Waals surface area contributed by atoms with Crippen molar-refractivity contribution in [3.63, 3.8) is 0 Å². The number of hydrogen-bond donors (Lipinski definition) is 1. The molecule has 1 N–H and O–H groups in total. The second-order valence-corrected chi connectivity index (χ2v) is 9.68. The Hall–Kier alpha value is -2.67. The van der Waals surface area contributed by atoms with E-state index >= 15 is 0 Å². The Bertz CT molecular complexity index is 1180. The standard InChI is InChI=1S/C23H21ClN2O3S/c1-16-6-10-20(11-7-16)25-23(27)22-14-17-4-2-3-5-18(17)15-26(22)30(28,29)21-12-8-19(24)9-13-21/h2-13,22H,14-15H2,1H3,(H,25,27)/t22-/m0/s1. The molecule has 5 nitrogen and oxygen atoms in total. The molecule has 4 rings (SSSR count). The van der Waals surface area contributed by atoms with Crippen molar-refractivity contribution in [3.8, 4) is 0 Å². The minimum absolute atomic E-state index is 0.111. The van der Waals surface area contributed by atoms with E-state index in [1.807, 2.05) is 55.5 Å². The van der Waals surface area contributed by atoms with Gasteiger partial charge in [0.2, 0.25) is 15.9 Å². The van der Waals surface area contributed by atoms with E-state index < -0.39 is 16.1 Å². The molecule has 0 aliphatic carbocycles. The highest BCUT2D eigenvalue weighted by Crippen LogP contribution is 2.30. The molecule has 3 aromatic carbocycles. The molecule has 0 aromatic heterocycles. The van der Waals surface area contributed by atoms with Crippen LogP contribution >= 0.6 is 11.6 Å². The highest BCUT2D eigenvalue weighted by Gasteiger charge is 2.39. The fourth-order valence-corrected chi connectivity index (χ4v) is 5.27. The number of sulfonamides is 1. The summed E-state index contributed by atoms with van der Waals surface area (Å²) in [4.78, 5) is 13.3. The topological polar surface area (TPSA) is 66.5 Å². The molecule has 3 aromatic rings. The van der Waals surface area contributed by atoms with Gasteiger partial charge in [0, 0.05) is 17.3 Å². The van der Waals surface area contributed by atoms with Crippen molar-refractivity contribution < 1.29 is 13.2 Å². The third-order valence-electron chi connectivity index (χ3n) is 5.25. The van der Waals surface area contributed by atoms with Crippen LogP contribution in [-0.2, 0) is 27.8 Å². The molecule has 0 saturated carbocycles. The van der Waals surface area contributed by atoms with Crippen molar-refractivity contribution in [3.05, 3.63) is 94.5 Å². The molecule has 1 atom stereocenters. The van der Waals surface area contributed by atoms with Crippen molar-refractivity contribution in [1.82, 2.24) is 4.31 Å². The van der Waals surface area contributed by atoms with E-state index in [0.717, 1.165) is 16.7 Å². The number of rotatable bonds is 4. The molecule has 0 saturated heterocycles. The normalized spacial score (nSPS) is 16.7. The van der Waals surface area contributed by atoms with Crippen LogP contribution in [0.5, 0.6) is 0 Å². The number of aryl methyl sites for hydroxylation is 1. The van der Waals surface area contributed by atoms with E-state index in [9.17, 15) is 13.2 Å². The minimum Gasteiger partial charge on any atom is -0.325 e. The van der Waals surface area contributed by atoms with Gasteiger partial charge >= 0.3 is 0 Å². The monoisotopic (exact) mass is 440 g/mol. The van der Waals surface area contributed by atoms with Crippen LogP contribution in [0.25, 0.3) is 0 Å². The Balaban J connectivity index is 1.70. The fourth-order valence-electron chi connectivity index (χ4n) is 3.58. The Morgan fingerprint density at radius 3 is 2.27 bits per heavy atom. The van der Waals surface area contributed by atoms with Crippen molar-refractivity contribution >= 4 is 33.2 Å². The predicted octanol–water partition coefficient (Wildman–Crippen LogP) is 4.40.